The molecule has 0 aliphatic rings. The number of nitrogens with two attached hydrogens (primary N) is 1. The zero-order chi connectivity index (χ0) is 9.14. The minimum absolute atomic E-state index is 0.109. The van der Waals surface area contributed by atoms with Crippen LogP contribution in [0.4, 0.5) is 5.69 Å². The molecule has 0 saturated heterocycles. The molecule has 12 heavy (non-hydrogen) atoms. The fraction of sp³-hybridized carbons (Fsp3) is 0.300. The number of anilines is 1. The highest BCUT2D eigenvalue weighted by Gasteiger charge is 1.97. The van der Waals surface area contributed by atoms with Crippen LogP contribution in [-0.2, 0) is 0 Å². The largest absolute Gasteiger partial charge is 0.396 e. The summed E-state index contributed by atoms with van der Waals surface area (Å²) in [6.45, 7) is 4.16. The standard InChI is InChI=1S/C10H13NO/c1-7(2)8-3-5-9(11)10(12)6-4-8/h3-7H,1-2H3,(H2,11,12). The van der Waals surface area contributed by atoms with Gasteiger partial charge in [0, 0.05) is 0 Å². The van der Waals surface area contributed by atoms with Gasteiger partial charge in [-0.05, 0) is 23.6 Å². The van der Waals surface area contributed by atoms with E-state index in [4.69, 9.17) is 5.73 Å². The third kappa shape index (κ3) is 1.84. The lowest BCUT2D eigenvalue weighted by atomic mass is 10.1. The molecular formula is C10H13NO. The lowest BCUT2D eigenvalue weighted by Gasteiger charge is -1.99. The van der Waals surface area contributed by atoms with Crippen LogP contribution in [0.3, 0.4) is 0 Å². The predicted octanol–water partition coefficient (Wildman–Crippen LogP) is 1.75. The first-order chi connectivity index (χ1) is 5.61. The average Bonchev–Trinajstić information content (AvgIpc) is 2.16. The molecule has 0 unspecified atom stereocenters. The summed E-state index contributed by atoms with van der Waals surface area (Å²) in [6, 6.07) is 6.90. The molecule has 0 fully saturated rings. The van der Waals surface area contributed by atoms with Gasteiger partial charge >= 0.3 is 0 Å². The van der Waals surface area contributed by atoms with Crippen molar-refractivity contribution in [2.75, 3.05) is 5.73 Å². The minimum Gasteiger partial charge on any atom is -0.396 e. The summed E-state index contributed by atoms with van der Waals surface area (Å²) in [7, 11) is 0. The molecule has 0 aliphatic heterocycles. The fourth-order valence-electron chi connectivity index (χ4n) is 0.977. The van der Waals surface area contributed by atoms with Crippen molar-refractivity contribution in [3.63, 3.8) is 0 Å². The molecule has 1 aromatic carbocycles. The quantitative estimate of drug-likeness (QED) is 0.685. The van der Waals surface area contributed by atoms with Crippen LogP contribution in [-0.4, -0.2) is 0 Å². The van der Waals surface area contributed by atoms with Crippen molar-refractivity contribution in [2.45, 2.75) is 19.8 Å². The maximum atomic E-state index is 11.1. The summed E-state index contributed by atoms with van der Waals surface area (Å²) in [5.74, 6) is 0.427. The van der Waals surface area contributed by atoms with Crippen LogP contribution >= 0.6 is 0 Å². The van der Waals surface area contributed by atoms with E-state index in [0.717, 1.165) is 5.56 Å². The summed E-state index contributed by atoms with van der Waals surface area (Å²) in [4.78, 5) is 11.1. The topological polar surface area (TPSA) is 43.1 Å². The molecule has 2 heteroatoms. The van der Waals surface area contributed by atoms with Crippen molar-refractivity contribution in [1.29, 1.82) is 0 Å². The van der Waals surface area contributed by atoms with E-state index >= 15 is 0 Å². The van der Waals surface area contributed by atoms with Gasteiger partial charge in [-0.25, -0.2) is 0 Å². The SMILES string of the molecule is CC(C)c1ccc(N)c(=O)cc1. The van der Waals surface area contributed by atoms with E-state index in [1.54, 1.807) is 6.07 Å². The third-order valence-electron chi connectivity index (χ3n) is 1.83. The molecule has 0 bridgehead atoms. The highest BCUT2D eigenvalue weighted by Crippen LogP contribution is 2.11. The average molecular weight is 163 g/mol. The van der Waals surface area contributed by atoms with Gasteiger partial charge < -0.3 is 5.73 Å². The van der Waals surface area contributed by atoms with E-state index in [0.29, 0.717) is 11.6 Å². The van der Waals surface area contributed by atoms with Crippen LogP contribution in [0.25, 0.3) is 0 Å². The van der Waals surface area contributed by atoms with Crippen molar-refractivity contribution in [1.82, 2.24) is 0 Å². The Morgan fingerprint density at radius 1 is 1.17 bits per heavy atom. The van der Waals surface area contributed by atoms with Crippen molar-refractivity contribution < 1.29 is 0 Å². The van der Waals surface area contributed by atoms with Crippen LogP contribution in [0, 0.1) is 0 Å². The van der Waals surface area contributed by atoms with Crippen LogP contribution < -0.4 is 11.2 Å². The third-order valence-corrected chi connectivity index (χ3v) is 1.83. The number of hydrogen-bond acceptors (Lipinski definition) is 2. The molecule has 0 aromatic heterocycles. The summed E-state index contributed by atoms with van der Waals surface area (Å²) < 4.78 is 0. The number of nitrogen functional groups attached to an aromatic ring is 1. The number of hydrogen-bond donors (Lipinski definition) is 1. The lowest BCUT2D eigenvalue weighted by Crippen LogP contribution is -2.01. The molecular weight excluding hydrogens is 150 g/mol. The van der Waals surface area contributed by atoms with Gasteiger partial charge in [0.15, 0.2) is 0 Å². The molecule has 0 saturated carbocycles. The van der Waals surface area contributed by atoms with Gasteiger partial charge in [-0.3, -0.25) is 4.79 Å². The smallest absolute Gasteiger partial charge is 0.201 e. The van der Waals surface area contributed by atoms with Gasteiger partial charge in [-0.2, -0.15) is 0 Å². The van der Waals surface area contributed by atoms with E-state index in [9.17, 15) is 4.79 Å². The summed E-state index contributed by atoms with van der Waals surface area (Å²) in [5, 5.41) is 0. The minimum atomic E-state index is -0.109. The molecule has 0 radical (unpaired) electrons. The molecule has 0 heterocycles. The zero-order valence-corrected chi connectivity index (χ0v) is 7.37. The summed E-state index contributed by atoms with van der Waals surface area (Å²) in [5.41, 5.74) is 6.78. The predicted molar refractivity (Wildman–Crippen MR) is 51.2 cm³/mol. The Hall–Kier alpha value is -1.31. The van der Waals surface area contributed by atoms with Gasteiger partial charge in [0.25, 0.3) is 0 Å². The van der Waals surface area contributed by atoms with Crippen molar-refractivity contribution in [3.05, 3.63) is 40.1 Å². The summed E-state index contributed by atoms with van der Waals surface area (Å²) >= 11 is 0. The Kier molecular flexibility index (Phi) is 2.48. The van der Waals surface area contributed by atoms with Crippen LogP contribution in [0.1, 0.15) is 25.3 Å². The highest BCUT2D eigenvalue weighted by molar-refractivity contribution is 5.37. The molecule has 2 N–H and O–H groups in total. The van der Waals surface area contributed by atoms with Gasteiger partial charge in [0.1, 0.15) is 0 Å². The maximum Gasteiger partial charge on any atom is 0.201 e. The fourth-order valence-corrected chi connectivity index (χ4v) is 0.977. The molecule has 0 amide bonds. The van der Waals surface area contributed by atoms with E-state index in [2.05, 4.69) is 13.8 Å². The first-order valence-corrected chi connectivity index (χ1v) is 4.01. The normalized spacial score (nSPS) is 10.2. The first-order valence-electron chi connectivity index (χ1n) is 4.01. The first kappa shape index (κ1) is 8.78. The van der Waals surface area contributed by atoms with Crippen molar-refractivity contribution in [2.24, 2.45) is 0 Å². The Morgan fingerprint density at radius 3 is 2.33 bits per heavy atom. The van der Waals surface area contributed by atoms with Gasteiger partial charge in [-0.15, -0.1) is 0 Å². The Morgan fingerprint density at radius 2 is 1.75 bits per heavy atom. The van der Waals surface area contributed by atoms with Gasteiger partial charge in [0.2, 0.25) is 5.43 Å². The Labute approximate surface area is 72.0 Å². The van der Waals surface area contributed by atoms with Crippen LogP contribution in [0.2, 0.25) is 0 Å². The van der Waals surface area contributed by atoms with E-state index < -0.39 is 0 Å². The van der Waals surface area contributed by atoms with Crippen LogP contribution in [0.5, 0.6) is 0 Å². The van der Waals surface area contributed by atoms with E-state index in [-0.39, 0.29) is 5.43 Å². The Balaban J connectivity index is 3.26. The second-order valence-corrected chi connectivity index (χ2v) is 3.14. The maximum absolute atomic E-state index is 11.1. The second-order valence-electron chi connectivity index (χ2n) is 3.14. The highest BCUT2D eigenvalue weighted by atomic mass is 16.1. The van der Waals surface area contributed by atoms with Crippen molar-refractivity contribution in [3.8, 4) is 0 Å². The molecule has 1 rings (SSSR count). The Bertz CT molecular complexity index is 331. The monoisotopic (exact) mass is 163 g/mol. The van der Waals surface area contributed by atoms with Gasteiger partial charge in [-0.1, -0.05) is 26.0 Å². The molecule has 64 valence electrons. The van der Waals surface area contributed by atoms with Crippen LogP contribution in [0.15, 0.2) is 29.1 Å². The lowest BCUT2D eigenvalue weighted by molar-refractivity contribution is 0.868. The van der Waals surface area contributed by atoms with Gasteiger partial charge in [0.05, 0.1) is 5.69 Å². The number of rotatable bonds is 1. The molecule has 0 atom stereocenters. The zero-order valence-electron chi connectivity index (χ0n) is 7.37. The van der Waals surface area contributed by atoms with E-state index in [1.807, 2.05) is 12.1 Å². The molecule has 0 spiro atoms. The molecule has 2 nitrogen and oxygen atoms in total. The summed E-state index contributed by atoms with van der Waals surface area (Å²) in [6.07, 6.45) is 0. The van der Waals surface area contributed by atoms with Crippen molar-refractivity contribution >= 4 is 5.69 Å². The molecule has 0 aliphatic carbocycles. The second kappa shape index (κ2) is 3.39. The molecule has 1 aromatic rings. The van der Waals surface area contributed by atoms with E-state index in [1.165, 1.54) is 6.07 Å².